The van der Waals surface area contributed by atoms with E-state index in [-0.39, 0.29) is 11.8 Å². The van der Waals surface area contributed by atoms with Gasteiger partial charge in [-0.25, -0.2) is 0 Å². The molecule has 1 saturated heterocycles. The molecule has 0 spiro atoms. The first-order chi connectivity index (χ1) is 10.7. The van der Waals surface area contributed by atoms with Gasteiger partial charge in [-0.3, -0.25) is 9.59 Å². The Morgan fingerprint density at radius 3 is 2.50 bits per heavy atom. The predicted molar refractivity (Wildman–Crippen MR) is 86.3 cm³/mol. The van der Waals surface area contributed by atoms with Crippen LogP contribution in [0, 0.1) is 0 Å². The largest absolute Gasteiger partial charge is 0.357 e. The number of carbonyl (C=O) groups excluding carboxylic acids is 2. The maximum atomic E-state index is 12.1. The SMILES string of the molecule is CNC(=O)[C@H](NC(=O)CCCN1CCCC1)c1ccccc1. The van der Waals surface area contributed by atoms with Crippen molar-refractivity contribution in [2.75, 3.05) is 26.7 Å². The first-order valence-electron chi connectivity index (χ1n) is 7.99. The molecule has 5 heteroatoms. The van der Waals surface area contributed by atoms with E-state index < -0.39 is 6.04 Å². The molecule has 0 bridgehead atoms. The molecule has 0 unspecified atom stereocenters. The average molecular weight is 303 g/mol. The molecule has 1 atom stereocenters. The summed E-state index contributed by atoms with van der Waals surface area (Å²) in [6.45, 7) is 3.25. The van der Waals surface area contributed by atoms with Crippen LogP contribution in [0.4, 0.5) is 0 Å². The molecule has 2 rings (SSSR count). The van der Waals surface area contributed by atoms with Gasteiger partial charge in [-0.2, -0.15) is 0 Å². The van der Waals surface area contributed by atoms with Crippen molar-refractivity contribution in [3.63, 3.8) is 0 Å². The van der Waals surface area contributed by atoms with Crippen LogP contribution in [0.2, 0.25) is 0 Å². The first kappa shape index (κ1) is 16.5. The summed E-state index contributed by atoms with van der Waals surface area (Å²) in [6, 6.07) is 8.71. The molecule has 1 heterocycles. The van der Waals surface area contributed by atoms with Gasteiger partial charge in [-0.1, -0.05) is 30.3 Å². The van der Waals surface area contributed by atoms with Crippen LogP contribution in [0.15, 0.2) is 30.3 Å². The molecule has 0 saturated carbocycles. The molecule has 5 nitrogen and oxygen atoms in total. The summed E-state index contributed by atoms with van der Waals surface area (Å²) in [5.74, 6) is -0.268. The van der Waals surface area contributed by atoms with Crippen LogP contribution < -0.4 is 10.6 Å². The molecule has 0 aromatic heterocycles. The molecule has 1 aliphatic rings. The van der Waals surface area contributed by atoms with Gasteiger partial charge in [0.05, 0.1) is 0 Å². The van der Waals surface area contributed by atoms with Crippen molar-refractivity contribution in [1.29, 1.82) is 0 Å². The van der Waals surface area contributed by atoms with Crippen LogP contribution in [0.25, 0.3) is 0 Å². The van der Waals surface area contributed by atoms with E-state index in [0.29, 0.717) is 6.42 Å². The van der Waals surface area contributed by atoms with E-state index in [2.05, 4.69) is 15.5 Å². The number of hydrogen-bond donors (Lipinski definition) is 2. The highest BCUT2D eigenvalue weighted by Gasteiger charge is 2.21. The molecular weight excluding hydrogens is 278 g/mol. The Labute approximate surface area is 132 Å². The van der Waals surface area contributed by atoms with Gasteiger partial charge >= 0.3 is 0 Å². The van der Waals surface area contributed by atoms with Crippen LogP contribution in [0.5, 0.6) is 0 Å². The second-order valence-corrected chi connectivity index (χ2v) is 5.68. The third-order valence-electron chi connectivity index (χ3n) is 4.02. The van der Waals surface area contributed by atoms with E-state index in [1.165, 1.54) is 12.8 Å². The van der Waals surface area contributed by atoms with Crippen molar-refractivity contribution >= 4 is 11.8 Å². The van der Waals surface area contributed by atoms with Gasteiger partial charge in [0, 0.05) is 13.5 Å². The number of likely N-dealkylation sites (tertiary alicyclic amines) is 1. The molecule has 0 radical (unpaired) electrons. The summed E-state index contributed by atoms with van der Waals surface area (Å²) < 4.78 is 0. The zero-order valence-corrected chi connectivity index (χ0v) is 13.2. The van der Waals surface area contributed by atoms with Gasteiger partial charge in [-0.15, -0.1) is 0 Å². The van der Waals surface area contributed by atoms with Gasteiger partial charge in [-0.05, 0) is 44.5 Å². The number of nitrogens with zero attached hydrogens (tertiary/aromatic N) is 1. The van der Waals surface area contributed by atoms with Crippen molar-refractivity contribution in [3.05, 3.63) is 35.9 Å². The average Bonchev–Trinajstić information content (AvgIpc) is 3.06. The molecule has 0 aliphatic carbocycles. The minimum atomic E-state index is -0.620. The molecule has 120 valence electrons. The lowest BCUT2D eigenvalue weighted by Crippen LogP contribution is -2.39. The second-order valence-electron chi connectivity index (χ2n) is 5.68. The number of amides is 2. The summed E-state index contributed by atoms with van der Waals surface area (Å²) in [6.07, 6.45) is 3.82. The number of likely N-dealkylation sites (N-methyl/N-ethyl adjacent to an activating group) is 1. The summed E-state index contributed by atoms with van der Waals surface area (Å²) >= 11 is 0. The zero-order chi connectivity index (χ0) is 15.8. The number of nitrogens with one attached hydrogen (secondary N) is 2. The highest BCUT2D eigenvalue weighted by molar-refractivity contribution is 5.88. The highest BCUT2D eigenvalue weighted by atomic mass is 16.2. The van der Waals surface area contributed by atoms with Gasteiger partial charge < -0.3 is 15.5 Å². The Balaban J connectivity index is 1.84. The second kappa shape index (κ2) is 8.54. The lowest BCUT2D eigenvalue weighted by atomic mass is 10.1. The molecule has 1 aromatic rings. The van der Waals surface area contributed by atoms with E-state index in [1.807, 2.05) is 30.3 Å². The van der Waals surface area contributed by atoms with Crippen molar-refractivity contribution in [2.24, 2.45) is 0 Å². The standard InChI is InChI=1S/C17H25N3O2/c1-18-17(22)16(14-8-3-2-4-9-14)19-15(21)10-7-13-20-11-5-6-12-20/h2-4,8-9,16H,5-7,10-13H2,1H3,(H,18,22)(H,19,21)/t16-/m1/s1. The highest BCUT2D eigenvalue weighted by Crippen LogP contribution is 2.13. The third-order valence-corrected chi connectivity index (χ3v) is 4.02. The maximum absolute atomic E-state index is 12.1. The first-order valence-corrected chi connectivity index (χ1v) is 7.99. The van der Waals surface area contributed by atoms with E-state index >= 15 is 0 Å². The molecule has 2 amide bonds. The van der Waals surface area contributed by atoms with Gasteiger partial charge in [0.2, 0.25) is 11.8 Å². The van der Waals surface area contributed by atoms with Crippen LogP contribution in [-0.2, 0) is 9.59 Å². The number of benzene rings is 1. The summed E-state index contributed by atoms with van der Waals surface area (Å²) in [5, 5.41) is 5.45. The lowest BCUT2D eigenvalue weighted by molar-refractivity contribution is -0.129. The Hall–Kier alpha value is -1.88. The molecule has 1 aromatic carbocycles. The molecule has 2 N–H and O–H groups in total. The number of rotatable bonds is 7. The van der Waals surface area contributed by atoms with Gasteiger partial charge in [0.25, 0.3) is 0 Å². The van der Waals surface area contributed by atoms with Crippen molar-refractivity contribution in [1.82, 2.24) is 15.5 Å². The van der Waals surface area contributed by atoms with Crippen LogP contribution in [0.3, 0.4) is 0 Å². The summed E-state index contributed by atoms with van der Waals surface area (Å²) in [4.78, 5) is 26.5. The Morgan fingerprint density at radius 2 is 1.86 bits per heavy atom. The van der Waals surface area contributed by atoms with Crippen molar-refractivity contribution in [3.8, 4) is 0 Å². The van der Waals surface area contributed by atoms with Crippen LogP contribution in [0.1, 0.15) is 37.3 Å². The van der Waals surface area contributed by atoms with Gasteiger partial charge in [0.15, 0.2) is 0 Å². The van der Waals surface area contributed by atoms with E-state index in [4.69, 9.17) is 0 Å². The van der Waals surface area contributed by atoms with E-state index in [9.17, 15) is 9.59 Å². The quantitative estimate of drug-likeness (QED) is 0.802. The fraction of sp³-hybridized carbons (Fsp3) is 0.529. The fourth-order valence-corrected chi connectivity index (χ4v) is 2.79. The number of hydrogen-bond acceptors (Lipinski definition) is 3. The lowest BCUT2D eigenvalue weighted by Gasteiger charge is -2.18. The molecular formula is C17H25N3O2. The summed E-state index contributed by atoms with van der Waals surface area (Å²) in [7, 11) is 1.58. The molecule has 22 heavy (non-hydrogen) atoms. The van der Waals surface area contributed by atoms with E-state index in [0.717, 1.165) is 31.6 Å². The van der Waals surface area contributed by atoms with Crippen LogP contribution in [-0.4, -0.2) is 43.4 Å². The van der Waals surface area contributed by atoms with E-state index in [1.54, 1.807) is 7.05 Å². The van der Waals surface area contributed by atoms with Crippen LogP contribution >= 0.6 is 0 Å². The maximum Gasteiger partial charge on any atom is 0.246 e. The zero-order valence-electron chi connectivity index (χ0n) is 13.2. The molecule has 1 fully saturated rings. The Morgan fingerprint density at radius 1 is 1.18 bits per heavy atom. The number of carbonyl (C=O) groups is 2. The van der Waals surface area contributed by atoms with Crippen molar-refractivity contribution in [2.45, 2.75) is 31.7 Å². The Bertz CT molecular complexity index is 484. The third kappa shape index (κ3) is 4.84. The predicted octanol–water partition coefficient (Wildman–Crippen LogP) is 1.47. The smallest absolute Gasteiger partial charge is 0.246 e. The Kier molecular flexibility index (Phi) is 6.40. The topological polar surface area (TPSA) is 61.4 Å². The minimum absolute atomic E-state index is 0.0725. The fourth-order valence-electron chi connectivity index (χ4n) is 2.79. The summed E-state index contributed by atoms with van der Waals surface area (Å²) in [5.41, 5.74) is 0.801. The minimum Gasteiger partial charge on any atom is -0.357 e. The monoisotopic (exact) mass is 303 g/mol. The van der Waals surface area contributed by atoms with Crippen molar-refractivity contribution < 1.29 is 9.59 Å². The normalized spacial score (nSPS) is 16.2. The van der Waals surface area contributed by atoms with Gasteiger partial charge in [0.1, 0.15) is 6.04 Å². The molecule has 1 aliphatic heterocycles.